The molecule has 1 aromatic rings. The van der Waals surface area contributed by atoms with Crippen molar-refractivity contribution in [1.82, 2.24) is 4.90 Å². The van der Waals surface area contributed by atoms with Crippen LogP contribution in [0.1, 0.15) is 52.8 Å². The van der Waals surface area contributed by atoms with E-state index in [0.717, 1.165) is 0 Å². The van der Waals surface area contributed by atoms with Gasteiger partial charge in [0.2, 0.25) is 0 Å². The first-order valence-corrected chi connectivity index (χ1v) is 9.58. The van der Waals surface area contributed by atoms with Gasteiger partial charge in [0, 0.05) is 0 Å². The first-order valence-electron chi connectivity index (χ1n) is 9.58. The van der Waals surface area contributed by atoms with Crippen molar-refractivity contribution in [2.24, 2.45) is 5.92 Å². The summed E-state index contributed by atoms with van der Waals surface area (Å²) < 4.78 is 22.3. The number of methoxy groups -OCH3 is 2. The smallest absolute Gasteiger partial charge is 0.547 e. The van der Waals surface area contributed by atoms with Gasteiger partial charge in [-0.3, -0.25) is 4.90 Å². The van der Waals surface area contributed by atoms with Crippen molar-refractivity contribution in [3.05, 3.63) is 23.8 Å². The summed E-state index contributed by atoms with van der Waals surface area (Å²) in [5.74, 6) is -0.468. The van der Waals surface area contributed by atoms with Crippen LogP contribution in [-0.2, 0) is 14.3 Å². The molecular weight excluding hydrogens is 401 g/mol. The summed E-state index contributed by atoms with van der Waals surface area (Å²) >= 11 is 0. The Kier molecular flexibility index (Phi) is 9.48. The van der Waals surface area contributed by atoms with E-state index in [1.54, 1.807) is 39.0 Å². The summed E-state index contributed by atoms with van der Waals surface area (Å²) in [4.78, 5) is 26.3. The standard InChI is InChI=1S/C21H31NO7.Na/c1-12(2)11-13-17(19(23)24)28-18(22(13)20(25)29-21(3,4)5)16-14(26-6)9-8-10-15(16)27-7;/h8-10,12-13,17-18H,11H2,1-7H3,(H,23,24);/q;+1/p-1/t13-,17+,18?;/m0./s1. The molecule has 0 aliphatic carbocycles. The van der Waals surface area contributed by atoms with Gasteiger partial charge in [0.15, 0.2) is 6.23 Å². The predicted octanol–water partition coefficient (Wildman–Crippen LogP) is -0.493. The summed E-state index contributed by atoms with van der Waals surface area (Å²) in [6.07, 6.45) is -2.66. The molecular formula is C21H30NNaO7. The van der Waals surface area contributed by atoms with Crippen molar-refractivity contribution < 1.29 is 63.2 Å². The molecule has 1 aliphatic rings. The van der Waals surface area contributed by atoms with Gasteiger partial charge in [-0.15, -0.1) is 0 Å². The summed E-state index contributed by atoms with van der Waals surface area (Å²) in [5.41, 5.74) is -0.352. The second-order valence-electron chi connectivity index (χ2n) is 8.39. The summed E-state index contributed by atoms with van der Waals surface area (Å²) in [5, 5.41) is 11.9. The Morgan fingerprint density at radius 1 is 1.17 bits per heavy atom. The number of carbonyl (C=O) groups excluding carboxylic acids is 2. The molecule has 0 aromatic heterocycles. The number of aliphatic carboxylic acids is 1. The molecule has 1 unspecified atom stereocenters. The molecule has 0 saturated carbocycles. The summed E-state index contributed by atoms with van der Waals surface area (Å²) in [6.45, 7) is 9.11. The molecule has 1 saturated heterocycles. The van der Waals surface area contributed by atoms with Gasteiger partial charge in [0.05, 0.1) is 31.8 Å². The zero-order valence-electron chi connectivity index (χ0n) is 19.1. The number of amides is 1. The van der Waals surface area contributed by atoms with Crippen molar-refractivity contribution in [2.75, 3.05) is 14.2 Å². The Balaban J connectivity index is 0.00000450. The number of rotatable bonds is 6. The Labute approximate surface area is 200 Å². The molecule has 9 heteroatoms. The molecule has 1 aromatic carbocycles. The maximum absolute atomic E-state index is 13.1. The molecule has 30 heavy (non-hydrogen) atoms. The van der Waals surface area contributed by atoms with Crippen LogP contribution in [0.5, 0.6) is 11.5 Å². The molecule has 2 rings (SSSR count). The minimum Gasteiger partial charge on any atom is -0.547 e. The van der Waals surface area contributed by atoms with Crippen LogP contribution in [0.2, 0.25) is 0 Å². The van der Waals surface area contributed by atoms with E-state index in [-0.39, 0.29) is 35.5 Å². The Hall–Kier alpha value is -1.48. The van der Waals surface area contributed by atoms with Crippen LogP contribution in [0.4, 0.5) is 4.79 Å². The minimum atomic E-state index is -1.39. The maximum atomic E-state index is 13.1. The van der Waals surface area contributed by atoms with Gasteiger partial charge in [0.1, 0.15) is 23.2 Å². The number of hydrogen-bond donors (Lipinski definition) is 0. The van der Waals surface area contributed by atoms with Crippen LogP contribution in [0.25, 0.3) is 0 Å². The molecule has 0 spiro atoms. The van der Waals surface area contributed by atoms with Crippen LogP contribution in [0.15, 0.2) is 18.2 Å². The SMILES string of the molecule is COc1cccc(OC)c1C1O[C@@H](C(=O)[O-])[C@H](CC(C)C)N1C(=O)OC(C)(C)C.[Na+]. The fourth-order valence-electron chi connectivity index (χ4n) is 3.42. The Bertz CT molecular complexity index is 725. The monoisotopic (exact) mass is 431 g/mol. The largest absolute Gasteiger partial charge is 1.00 e. The molecule has 1 fully saturated rings. The number of nitrogens with zero attached hydrogens (tertiary/aromatic N) is 1. The normalized spacial score (nSPS) is 21.2. The number of benzene rings is 1. The van der Waals surface area contributed by atoms with Crippen LogP contribution in [0, 0.1) is 5.92 Å². The Morgan fingerprint density at radius 3 is 2.10 bits per heavy atom. The molecule has 0 N–H and O–H groups in total. The molecule has 1 amide bonds. The quantitative estimate of drug-likeness (QED) is 0.561. The van der Waals surface area contributed by atoms with Crippen LogP contribution in [-0.4, -0.2) is 48.9 Å². The van der Waals surface area contributed by atoms with Gasteiger partial charge in [-0.1, -0.05) is 19.9 Å². The van der Waals surface area contributed by atoms with Crippen LogP contribution >= 0.6 is 0 Å². The third kappa shape index (κ3) is 6.03. The fourth-order valence-corrected chi connectivity index (χ4v) is 3.42. The van der Waals surface area contributed by atoms with Crippen molar-refractivity contribution >= 4 is 12.1 Å². The first-order chi connectivity index (χ1) is 13.5. The topological polar surface area (TPSA) is 97.4 Å². The van der Waals surface area contributed by atoms with Gasteiger partial charge in [0.25, 0.3) is 0 Å². The minimum absolute atomic E-state index is 0. The molecule has 162 valence electrons. The van der Waals surface area contributed by atoms with E-state index in [4.69, 9.17) is 18.9 Å². The number of carboxylic acid groups (broad SMARTS) is 1. The van der Waals surface area contributed by atoms with Crippen molar-refractivity contribution in [2.45, 2.75) is 65.0 Å². The summed E-state index contributed by atoms with van der Waals surface area (Å²) in [7, 11) is 2.96. The second-order valence-corrected chi connectivity index (χ2v) is 8.39. The van der Waals surface area contributed by atoms with Gasteiger partial charge in [-0.05, 0) is 45.2 Å². The first kappa shape index (κ1) is 26.6. The summed E-state index contributed by atoms with van der Waals surface area (Å²) in [6, 6.07) is 4.35. The molecule has 3 atom stereocenters. The van der Waals surface area contributed by atoms with E-state index >= 15 is 0 Å². The Morgan fingerprint density at radius 2 is 1.70 bits per heavy atom. The van der Waals surface area contributed by atoms with Gasteiger partial charge in [-0.25, -0.2) is 4.79 Å². The molecule has 1 aliphatic heterocycles. The number of hydrogen-bond acceptors (Lipinski definition) is 7. The molecule has 0 bridgehead atoms. The molecule has 8 nitrogen and oxygen atoms in total. The zero-order chi connectivity index (χ0) is 21.9. The number of carbonyl (C=O) groups is 2. The van der Waals surface area contributed by atoms with E-state index in [2.05, 4.69) is 0 Å². The zero-order valence-corrected chi connectivity index (χ0v) is 21.1. The van der Waals surface area contributed by atoms with E-state index < -0.39 is 36.0 Å². The second kappa shape index (κ2) is 10.7. The van der Waals surface area contributed by atoms with Crippen LogP contribution in [0.3, 0.4) is 0 Å². The van der Waals surface area contributed by atoms with Crippen LogP contribution < -0.4 is 44.1 Å². The van der Waals surface area contributed by atoms with E-state index in [9.17, 15) is 14.7 Å². The van der Waals surface area contributed by atoms with Gasteiger partial charge < -0.3 is 28.8 Å². The third-order valence-corrected chi connectivity index (χ3v) is 4.50. The van der Waals surface area contributed by atoms with E-state index in [1.807, 2.05) is 13.8 Å². The average molecular weight is 431 g/mol. The molecule has 0 radical (unpaired) electrons. The van der Waals surface area contributed by atoms with E-state index in [0.29, 0.717) is 23.5 Å². The predicted molar refractivity (Wildman–Crippen MR) is 103 cm³/mol. The van der Waals surface area contributed by atoms with Crippen molar-refractivity contribution in [1.29, 1.82) is 0 Å². The van der Waals surface area contributed by atoms with Gasteiger partial charge >= 0.3 is 35.7 Å². The number of carboxylic acids is 1. The van der Waals surface area contributed by atoms with Crippen molar-refractivity contribution in [3.8, 4) is 11.5 Å². The van der Waals surface area contributed by atoms with Crippen molar-refractivity contribution in [3.63, 3.8) is 0 Å². The number of ether oxygens (including phenoxy) is 4. The van der Waals surface area contributed by atoms with Gasteiger partial charge in [-0.2, -0.15) is 0 Å². The maximum Gasteiger partial charge on any atom is 1.00 e. The average Bonchev–Trinajstić information content (AvgIpc) is 2.97. The molecule has 1 heterocycles. The fraction of sp³-hybridized carbons (Fsp3) is 0.619. The van der Waals surface area contributed by atoms with E-state index in [1.165, 1.54) is 19.1 Å². The third-order valence-electron chi connectivity index (χ3n) is 4.50.